The highest BCUT2D eigenvalue weighted by molar-refractivity contribution is 5.95. The van der Waals surface area contributed by atoms with Gasteiger partial charge in [0.2, 0.25) is 0 Å². The maximum Gasteiger partial charge on any atom is 0.254 e. The molecule has 0 aromatic carbocycles. The van der Waals surface area contributed by atoms with Crippen LogP contribution in [0.2, 0.25) is 0 Å². The van der Waals surface area contributed by atoms with Crippen LogP contribution in [0.5, 0.6) is 0 Å². The van der Waals surface area contributed by atoms with Crippen LogP contribution in [0.1, 0.15) is 42.2 Å². The van der Waals surface area contributed by atoms with Crippen LogP contribution in [0.25, 0.3) is 0 Å². The summed E-state index contributed by atoms with van der Waals surface area (Å²) in [7, 11) is 1.79. The van der Waals surface area contributed by atoms with Crippen LogP contribution in [0, 0.1) is 6.92 Å². The maximum atomic E-state index is 12.6. The number of hydrogen-bond acceptors (Lipinski definition) is 4. The Morgan fingerprint density at radius 3 is 2.85 bits per heavy atom. The van der Waals surface area contributed by atoms with Gasteiger partial charge in [-0.3, -0.25) is 4.79 Å². The molecule has 20 heavy (non-hydrogen) atoms. The molecular formula is C15H23N3O2. The molecule has 5 nitrogen and oxygen atoms in total. The minimum atomic E-state index is -0.653. The molecule has 2 heterocycles. The molecule has 110 valence electrons. The number of carbonyl (C=O) groups excluding carboxylic acids is 1. The first-order valence-electron chi connectivity index (χ1n) is 7.09. The van der Waals surface area contributed by atoms with Gasteiger partial charge in [-0.25, -0.2) is 4.98 Å². The molecule has 1 aromatic heterocycles. The second kappa shape index (κ2) is 5.79. The van der Waals surface area contributed by atoms with Crippen molar-refractivity contribution in [1.82, 2.24) is 9.88 Å². The van der Waals surface area contributed by atoms with E-state index in [1.54, 1.807) is 13.1 Å². The maximum absolute atomic E-state index is 12.6. The molecule has 5 heteroatoms. The fourth-order valence-corrected chi connectivity index (χ4v) is 2.57. The molecular weight excluding hydrogens is 254 g/mol. The lowest BCUT2D eigenvalue weighted by Crippen LogP contribution is -2.33. The zero-order chi connectivity index (χ0) is 14.8. The van der Waals surface area contributed by atoms with Gasteiger partial charge in [-0.2, -0.15) is 0 Å². The number of hydrogen-bond donors (Lipinski definition) is 2. The predicted octanol–water partition coefficient (Wildman–Crippen LogP) is 1.81. The summed E-state index contributed by atoms with van der Waals surface area (Å²) in [5.41, 5.74) is 0.824. The van der Waals surface area contributed by atoms with Crippen LogP contribution in [-0.4, -0.2) is 46.6 Å². The van der Waals surface area contributed by atoms with Crippen molar-refractivity contribution in [3.8, 4) is 0 Å². The minimum absolute atomic E-state index is 0.0182. The lowest BCUT2D eigenvalue weighted by molar-refractivity contribution is 0.0438. The normalized spacial score (nSPS) is 23.3. The highest BCUT2D eigenvalue weighted by Crippen LogP contribution is 2.23. The molecule has 0 saturated carbocycles. The van der Waals surface area contributed by atoms with E-state index in [1.165, 1.54) is 0 Å². The number of anilines is 1. The molecule has 2 rings (SSSR count). The van der Waals surface area contributed by atoms with E-state index in [1.807, 2.05) is 24.8 Å². The topological polar surface area (TPSA) is 65.5 Å². The molecule has 2 N–H and O–H groups in total. The average Bonchev–Trinajstić information content (AvgIpc) is 2.58. The Balaban J connectivity index is 2.16. The van der Waals surface area contributed by atoms with Crippen LogP contribution in [0.15, 0.2) is 12.1 Å². The van der Waals surface area contributed by atoms with Crippen molar-refractivity contribution in [1.29, 1.82) is 0 Å². The Labute approximate surface area is 120 Å². The van der Waals surface area contributed by atoms with Gasteiger partial charge in [-0.15, -0.1) is 0 Å². The van der Waals surface area contributed by atoms with Crippen molar-refractivity contribution in [3.63, 3.8) is 0 Å². The summed E-state index contributed by atoms with van der Waals surface area (Å²) in [6.07, 6.45) is 2.21. The second-order valence-electron chi connectivity index (χ2n) is 5.78. The number of rotatable bonds is 2. The molecule has 0 spiro atoms. The van der Waals surface area contributed by atoms with Gasteiger partial charge < -0.3 is 15.3 Å². The number of likely N-dealkylation sites (tertiary alicyclic amines) is 1. The van der Waals surface area contributed by atoms with Crippen LogP contribution >= 0.6 is 0 Å². The van der Waals surface area contributed by atoms with Crippen LogP contribution < -0.4 is 5.32 Å². The first-order chi connectivity index (χ1) is 9.41. The van der Waals surface area contributed by atoms with E-state index in [4.69, 9.17) is 0 Å². The Morgan fingerprint density at radius 1 is 1.40 bits per heavy atom. The summed E-state index contributed by atoms with van der Waals surface area (Å²) >= 11 is 0. The largest absolute Gasteiger partial charge is 0.390 e. The van der Waals surface area contributed by atoms with Crippen LogP contribution in [0.4, 0.5) is 5.82 Å². The summed E-state index contributed by atoms with van der Waals surface area (Å²) in [4.78, 5) is 18.7. The molecule has 0 radical (unpaired) electrons. The van der Waals surface area contributed by atoms with Gasteiger partial charge in [0.25, 0.3) is 5.91 Å². The first-order valence-corrected chi connectivity index (χ1v) is 7.09. The molecule has 1 saturated heterocycles. The summed E-state index contributed by atoms with van der Waals surface area (Å²) in [5.74, 6) is 0.722. The molecule has 1 atom stereocenters. The summed E-state index contributed by atoms with van der Waals surface area (Å²) in [6, 6.07) is 3.59. The molecule has 1 amide bonds. The molecule has 1 unspecified atom stereocenters. The van der Waals surface area contributed by atoms with Gasteiger partial charge >= 0.3 is 0 Å². The molecule has 1 fully saturated rings. The SMILES string of the molecule is CNc1cc(C(=O)N2CCCC(C)(O)CC2)cc(C)n1. The predicted molar refractivity (Wildman–Crippen MR) is 78.9 cm³/mol. The van der Waals surface area contributed by atoms with E-state index < -0.39 is 5.60 Å². The van der Waals surface area contributed by atoms with Crippen LogP contribution in [-0.2, 0) is 0 Å². The fraction of sp³-hybridized carbons (Fsp3) is 0.600. The zero-order valence-corrected chi connectivity index (χ0v) is 12.4. The van der Waals surface area contributed by atoms with E-state index >= 15 is 0 Å². The minimum Gasteiger partial charge on any atom is -0.390 e. The number of aryl methyl sites for hydroxylation is 1. The van der Waals surface area contributed by atoms with Crippen molar-refractivity contribution in [2.45, 2.75) is 38.7 Å². The Kier molecular flexibility index (Phi) is 4.28. The summed E-state index contributed by atoms with van der Waals surface area (Å²) in [6.45, 7) is 5.02. The monoisotopic (exact) mass is 277 g/mol. The standard InChI is InChI=1S/C15H23N3O2/c1-11-9-12(10-13(16-3)17-11)14(19)18-7-4-5-15(2,20)6-8-18/h9-10,20H,4-8H2,1-3H3,(H,16,17). The van der Waals surface area contributed by atoms with E-state index in [-0.39, 0.29) is 5.91 Å². The van der Waals surface area contributed by atoms with Crippen molar-refractivity contribution in [2.24, 2.45) is 0 Å². The van der Waals surface area contributed by atoms with Gasteiger partial charge in [0, 0.05) is 31.4 Å². The number of aliphatic hydroxyl groups is 1. The zero-order valence-electron chi connectivity index (χ0n) is 12.4. The highest BCUT2D eigenvalue weighted by Gasteiger charge is 2.27. The molecule has 1 aromatic rings. The van der Waals surface area contributed by atoms with Crippen LogP contribution in [0.3, 0.4) is 0 Å². The quantitative estimate of drug-likeness (QED) is 0.865. The smallest absolute Gasteiger partial charge is 0.254 e. The molecule has 0 aliphatic carbocycles. The lowest BCUT2D eigenvalue weighted by atomic mass is 9.98. The number of pyridine rings is 1. The van der Waals surface area contributed by atoms with Gasteiger partial charge in [-0.05, 0) is 45.2 Å². The number of amides is 1. The van der Waals surface area contributed by atoms with Gasteiger partial charge in [0.05, 0.1) is 5.60 Å². The van der Waals surface area contributed by atoms with Crippen molar-refractivity contribution in [3.05, 3.63) is 23.4 Å². The van der Waals surface area contributed by atoms with Gasteiger partial charge in [-0.1, -0.05) is 0 Å². The summed E-state index contributed by atoms with van der Waals surface area (Å²) < 4.78 is 0. The van der Waals surface area contributed by atoms with Gasteiger partial charge in [0.15, 0.2) is 0 Å². The van der Waals surface area contributed by atoms with E-state index in [0.717, 1.165) is 18.5 Å². The second-order valence-corrected chi connectivity index (χ2v) is 5.78. The van der Waals surface area contributed by atoms with E-state index in [0.29, 0.717) is 30.9 Å². The molecule has 1 aliphatic heterocycles. The third kappa shape index (κ3) is 3.48. The fourth-order valence-electron chi connectivity index (χ4n) is 2.57. The Bertz CT molecular complexity index is 500. The molecule has 1 aliphatic rings. The van der Waals surface area contributed by atoms with E-state index in [2.05, 4.69) is 10.3 Å². The van der Waals surface area contributed by atoms with Crippen molar-refractivity contribution >= 4 is 11.7 Å². The molecule has 0 bridgehead atoms. The Morgan fingerprint density at radius 2 is 2.15 bits per heavy atom. The summed E-state index contributed by atoms with van der Waals surface area (Å²) in [5, 5.41) is 13.1. The number of aromatic nitrogens is 1. The Hall–Kier alpha value is -1.62. The van der Waals surface area contributed by atoms with E-state index in [9.17, 15) is 9.90 Å². The highest BCUT2D eigenvalue weighted by atomic mass is 16.3. The lowest BCUT2D eigenvalue weighted by Gasteiger charge is -2.23. The third-order valence-electron chi connectivity index (χ3n) is 3.81. The van der Waals surface area contributed by atoms with Gasteiger partial charge in [0.1, 0.15) is 5.82 Å². The van der Waals surface area contributed by atoms with Crippen molar-refractivity contribution < 1.29 is 9.90 Å². The average molecular weight is 277 g/mol. The number of nitrogens with zero attached hydrogens (tertiary/aromatic N) is 2. The number of carbonyl (C=O) groups is 1. The third-order valence-corrected chi connectivity index (χ3v) is 3.81. The first kappa shape index (κ1) is 14.8. The number of nitrogens with one attached hydrogen (secondary N) is 1. The van der Waals surface area contributed by atoms with Crippen molar-refractivity contribution in [2.75, 3.05) is 25.5 Å².